The minimum atomic E-state index is -0.537. The summed E-state index contributed by atoms with van der Waals surface area (Å²) in [5.74, 6) is -1.18. The number of anilines is 1. The van der Waals surface area contributed by atoms with Gasteiger partial charge in [0.1, 0.15) is 11.6 Å². The molecule has 2 fully saturated rings. The molecule has 6 nitrogen and oxygen atoms in total. The number of carbonyl (C=O) groups excluding carboxylic acids is 1. The largest absolute Gasteiger partial charge is 0.396 e. The van der Waals surface area contributed by atoms with E-state index in [1.165, 1.54) is 31.0 Å². The fourth-order valence-electron chi connectivity index (χ4n) is 4.66. The van der Waals surface area contributed by atoms with Crippen LogP contribution in [0.3, 0.4) is 0 Å². The number of amides is 1. The van der Waals surface area contributed by atoms with E-state index in [1.807, 2.05) is 6.20 Å². The van der Waals surface area contributed by atoms with Crippen LogP contribution >= 0.6 is 0 Å². The Hall–Kier alpha value is -3.00. The molecular formula is C25H30F2N4O2. The van der Waals surface area contributed by atoms with Gasteiger partial charge in [0.2, 0.25) is 0 Å². The zero-order chi connectivity index (χ0) is 23.3. The highest BCUT2D eigenvalue weighted by Gasteiger charge is 2.33. The molecule has 1 amide bonds. The first kappa shape index (κ1) is 23.2. The molecule has 0 atom stereocenters. The van der Waals surface area contributed by atoms with Crippen molar-refractivity contribution in [2.75, 3.05) is 31.1 Å². The second-order valence-corrected chi connectivity index (χ2v) is 8.95. The van der Waals surface area contributed by atoms with E-state index in [-0.39, 0.29) is 17.9 Å². The van der Waals surface area contributed by atoms with E-state index in [0.717, 1.165) is 56.0 Å². The maximum Gasteiger partial charge on any atom is 0.255 e. The molecule has 176 valence electrons. The zero-order valence-corrected chi connectivity index (χ0v) is 18.6. The molecule has 33 heavy (non-hydrogen) atoms. The summed E-state index contributed by atoms with van der Waals surface area (Å²) in [7, 11) is 0. The van der Waals surface area contributed by atoms with Crippen molar-refractivity contribution >= 4 is 17.1 Å². The van der Waals surface area contributed by atoms with E-state index in [9.17, 15) is 18.7 Å². The van der Waals surface area contributed by atoms with Crippen LogP contribution in [-0.4, -0.2) is 46.9 Å². The van der Waals surface area contributed by atoms with Gasteiger partial charge in [0, 0.05) is 43.0 Å². The first-order valence-corrected chi connectivity index (χ1v) is 11.5. The van der Waals surface area contributed by atoms with Crippen LogP contribution in [0.15, 0.2) is 48.8 Å². The van der Waals surface area contributed by atoms with Gasteiger partial charge in [-0.05, 0) is 49.9 Å². The third-order valence-corrected chi connectivity index (χ3v) is 6.63. The Morgan fingerprint density at radius 2 is 1.76 bits per heavy atom. The molecule has 2 N–H and O–H groups in total. The first-order valence-electron chi connectivity index (χ1n) is 11.5. The van der Waals surface area contributed by atoms with Gasteiger partial charge in [-0.3, -0.25) is 4.79 Å². The van der Waals surface area contributed by atoms with E-state index in [0.29, 0.717) is 12.1 Å². The topological polar surface area (TPSA) is 69.9 Å². The van der Waals surface area contributed by atoms with Crippen molar-refractivity contribution < 1.29 is 18.7 Å². The molecule has 0 radical (unpaired) electrons. The second kappa shape index (κ2) is 10.3. The lowest BCUT2D eigenvalue weighted by Gasteiger charge is -2.26. The zero-order valence-electron chi connectivity index (χ0n) is 18.6. The van der Waals surface area contributed by atoms with E-state index in [1.54, 1.807) is 10.7 Å². The quantitative estimate of drug-likeness (QED) is 0.604. The standard InChI is InChI=1S/C19H26N4O2.C6H4F2/c24-14-19(6-1-2-7-19)13-20-18(25)16-12-21-23-10-5-15(11-17(16)23)22-8-3-4-9-22;7-5-2-1-3-6(8)4-5/h5,10-12,24H,1-4,6-9,13-14H2,(H,20,25);1-4H. The maximum absolute atomic E-state index is 12.7. The summed E-state index contributed by atoms with van der Waals surface area (Å²) in [5.41, 5.74) is 2.46. The predicted octanol–water partition coefficient (Wildman–Crippen LogP) is 4.18. The Balaban J connectivity index is 0.000000275. The van der Waals surface area contributed by atoms with Gasteiger partial charge < -0.3 is 15.3 Å². The van der Waals surface area contributed by atoms with Crippen molar-refractivity contribution in [3.05, 3.63) is 66.0 Å². The normalized spacial score (nSPS) is 17.1. The number of fused-ring (bicyclic) bond motifs is 1. The Morgan fingerprint density at radius 3 is 2.36 bits per heavy atom. The highest BCUT2D eigenvalue weighted by molar-refractivity contribution is 6.01. The van der Waals surface area contributed by atoms with Gasteiger partial charge in [-0.15, -0.1) is 0 Å². The van der Waals surface area contributed by atoms with Crippen LogP contribution in [0.25, 0.3) is 5.52 Å². The molecule has 1 aromatic carbocycles. The molecule has 0 spiro atoms. The average molecular weight is 457 g/mol. The van der Waals surface area contributed by atoms with Crippen LogP contribution in [0.1, 0.15) is 48.9 Å². The van der Waals surface area contributed by atoms with Crippen molar-refractivity contribution in [3.8, 4) is 0 Å². The summed E-state index contributed by atoms with van der Waals surface area (Å²) >= 11 is 0. The van der Waals surface area contributed by atoms with E-state index in [2.05, 4.69) is 27.4 Å². The van der Waals surface area contributed by atoms with Crippen LogP contribution in [0.2, 0.25) is 0 Å². The van der Waals surface area contributed by atoms with Gasteiger partial charge in [-0.2, -0.15) is 5.10 Å². The summed E-state index contributed by atoms with van der Waals surface area (Å²) in [6.45, 7) is 2.82. The molecule has 2 aromatic heterocycles. The van der Waals surface area contributed by atoms with Gasteiger partial charge in [0.25, 0.3) is 5.91 Å². The number of nitrogens with zero attached hydrogens (tertiary/aromatic N) is 3. The number of nitrogens with one attached hydrogen (secondary N) is 1. The molecule has 3 heterocycles. The number of aliphatic hydroxyl groups is 1. The summed E-state index contributed by atoms with van der Waals surface area (Å²) in [6.07, 6.45) is 10.2. The van der Waals surface area contributed by atoms with Crippen molar-refractivity contribution in [1.82, 2.24) is 14.9 Å². The fourth-order valence-corrected chi connectivity index (χ4v) is 4.66. The third kappa shape index (κ3) is 5.50. The smallest absolute Gasteiger partial charge is 0.255 e. The van der Waals surface area contributed by atoms with Crippen LogP contribution < -0.4 is 10.2 Å². The first-order chi connectivity index (χ1) is 16.0. The summed E-state index contributed by atoms with van der Waals surface area (Å²) in [6, 6.07) is 8.67. The van der Waals surface area contributed by atoms with Crippen molar-refractivity contribution in [2.24, 2.45) is 5.41 Å². The molecular weight excluding hydrogens is 426 g/mol. The van der Waals surface area contributed by atoms with E-state index >= 15 is 0 Å². The molecule has 5 rings (SSSR count). The molecule has 0 unspecified atom stereocenters. The number of aromatic nitrogens is 2. The highest BCUT2D eigenvalue weighted by atomic mass is 19.1. The van der Waals surface area contributed by atoms with Crippen LogP contribution in [0.4, 0.5) is 14.5 Å². The van der Waals surface area contributed by atoms with Crippen LogP contribution in [-0.2, 0) is 0 Å². The molecule has 8 heteroatoms. The SMILES string of the molecule is Fc1cccc(F)c1.O=C(NCC1(CO)CCCC1)c1cnn2ccc(N3CCCC3)cc12. The minimum Gasteiger partial charge on any atom is -0.396 e. The van der Waals surface area contributed by atoms with Gasteiger partial charge in [-0.25, -0.2) is 13.3 Å². The Kier molecular flexibility index (Phi) is 7.23. The second-order valence-electron chi connectivity index (χ2n) is 8.95. The van der Waals surface area contributed by atoms with Gasteiger partial charge in [0.05, 0.1) is 23.9 Å². The van der Waals surface area contributed by atoms with Crippen molar-refractivity contribution in [3.63, 3.8) is 0 Å². The Bertz CT molecular complexity index is 1070. The molecule has 3 aromatic rings. The molecule has 1 saturated heterocycles. The minimum absolute atomic E-state index is 0.103. The molecule has 0 bridgehead atoms. The number of aliphatic hydroxyl groups excluding tert-OH is 1. The van der Waals surface area contributed by atoms with E-state index in [4.69, 9.17) is 0 Å². The number of hydrogen-bond acceptors (Lipinski definition) is 4. The predicted molar refractivity (Wildman–Crippen MR) is 123 cm³/mol. The number of pyridine rings is 1. The lowest BCUT2D eigenvalue weighted by Crippen LogP contribution is -2.38. The third-order valence-electron chi connectivity index (χ3n) is 6.63. The van der Waals surface area contributed by atoms with E-state index < -0.39 is 11.6 Å². The van der Waals surface area contributed by atoms with Crippen LogP contribution in [0.5, 0.6) is 0 Å². The monoisotopic (exact) mass is 456 g/mol. The Morgan fingerprint density at radius 1 is 1.06 bits per heavy atom. The number of rotatable bonds is 5. The number of halogens is 2. The summed E-state index contributed by atoms with van der Waals surface area (Å²) < 4.78 is 25.6. The lowest BCUT2D eigenvalue weighted by atomic mass is 9.87. The Labute approximate surface area is 192 Å². The number of carbonyl (C=O) groups is 1. The molecule has 1 saturated carbocycles. The van der Waals surface area contributed by atoms with Crippen LogP contribution in [0, 0.1) is 17.0 Å². The summed E-state index contributed by atoms with van der Waals surface area (Å²) in [5, 5.41) is 17.1. The van der Waals surface area contributed by atoms with Gasteiger partial charge in [0.15, 0.2) is 0 Å². The number of hydrogen-bond donors (Lipinski definition) is 2. The number of benzene rings is 1. The van der Waals surface area contributed by atoms with Gasteiger partial charge in [-0.1, -0.05) is 18.9 Å². The maximum atomic E-state index is 12.7. The summed E-state index contributed by atoms with van der Waals surface area (Å²) in [4.78, 5) is 15.1. The lowest BCUT2D eigenvalue weighted by molar-refractivity contribution is 0.0882. The molecule has 2 aliphatic rings. The highest BCUT2D eigenvalue weighted by Crippen LogP contribution is 2.37. The average Bonchev–Trinajstić information content (AvgIpc) is 3.59. The fraction of sp³-hybridized carbons (Fsp3) is 0.440. The molecule has 1 aliphatic heterocycles. The van der Waals surface area contributed by atoms with Gasteiger partial charge >= 0.3 is 0 Å². The molecule has 1 aliphatic carbocycles. The van der Waals surface area contributed by atoms with Crippen molar-refractivity contribution in [2.45, 2.75) is 38.5 Å². The van der Waals surface area contributed by atoms with Crippen molar-refractivity contribution in [1.29, 1.82) is 0 Å².